The van der Waals surface area contributed by atoms with Crippen molar-refractivity contribution in [2.75, 3.05) is 6.54 Å². The maximum Gasteiger partial charge on any atom is 0.407 e. The Labute approximate surface area is 161 Å². The molecule has 3 aromatic rings. The molecule has 0 atom stereocenters. The largest absolute Gasteiger partial charge is 0.445 e. The number of ether oxygens (including phenoxy) is 1. The van der Waals surface area contributed by atoms with Gasteiger partial charge in [-0.25, -0.2) is 4.79 Å². The molecule has 7 heteroatoms. The van der Waals surface area contributed by atoms with E-state index >= 15 is 0 Å². The Morgan fingerprint density at radius 3 is 2.75 bits per heavy atom. The van der Waals surface area contributed by atoms with Crippen molar-refractivity contribution >= 4 is 22.6 Å². The van der Waals surface area contributed by atoms with Gasteiger partial charge in [0.15, 0.2) is 0 Å². The van der Waals surface area contributed by atoms with E-state index in [1.165, 1.54) is 12.3 Å². The summed E-state index contributed by atoms with van der Waals surface area (Å²) in [7, 11) is 0. The smallest absolute Gasteiger partial charge is 0.407 e. The number of pyridine rings is 1. The number of hydrogen-bond donors (Lipinski definition) is 1. The van der Waals surface area contributed by atoms with E-state index in [0.717, 1.165) is 5.56 Å². The third-order valence-electron chi connectivity index (χ3n) is 3.95. The zero-order chi connectivity index (χ0) is 19.8. The third-order valence-corrected chi connectivity index (χ3v) is 3.95. The van der Waals surface area contributed by atoms with Gasteiger partial charge in [0, 0.05) is 42.4 Å². The fourth-order valence-electron chi connectivity index (χ4n) is 2.60. The van der Waals surface area contributed by atoms with E-state index in [1.807, 2.05) is 30.3 Å². The van der Waals surface area contributed by atoms with Crippen LogP contribution in [0.2, 0.25) is 0 Å². The van der Waals surface area contributed by atoms with Crippen molar-refractivity contribution in [2.24, 2.45) is 0 Å². The average Bonchev–Trinajstić information content (AvgIpc) is 2.72. The highest BCUT2D eigenvalue weighted by Crippen LogP contribution is 2.27. The first-order chi connectivity index (χ1) is 13.6. The molecule has 0 aliphatic carbocycles. The van der Waals surface area contributed by atoms with Gasteiger partial charge in [0.25, 0.3) is 5.69 Å². The van der Waals surface area contributed by atoms with Gasteiger partial charge >= 0.3 is 6.09 Å². The molecule has 0 saturated carbocycles. The topological polar surface area (TPSA) is 94.4 Å². The van der Waals surface area contributed by atoms with Gasteiger partial charge in [-0.2, -0.15) is 0 Å². The van der Waals surface area contributed by atoms with E-state index in [9.17, 15) is 14.9 Å². The van der Waals surface area contributed by atoms with Crippen molar-refractivity contribution in [2.45, 2.75) is 13.0 Å². The normalized spacial score (nSPS) is 10.0. The first-order valence-corrected chi connectivity index (χ1v) is 8.59. The molecule has 1 amide bonds. The quantitative estimate of drug-likeness (QED) is 0.317. The molecule has 0 saturated heterocycles. The van der Waals surface area contributed by atoms with Crippen molar-refractivity contribution in [1.82, 2.24) is 10.3 Å². The highest BCUT2D eigenvalue weighted by atomic mass is 16.6. The lowest BCUT2D eigenvalue weighted by molar-refractivity contribution is -0.383. The molecule has 0 bridgehead atoms. The number of nitrogens with one attached hydrogen (secondary N) is 1. The number of nitro groups is 1. The first-order valence-electron chi connectivity index (χ1n) is 8.59. The minimum atomic E-state index is -0.502. The van der Waals surface area contributed by atoms with Gasteiger partial charge in [0.2, 0.25) is 0 Å². The molecule has 7 nitrogen and oxygen atoms in total. The second kappa shape index (κ2) is 9.14. The molecule has 0 spiro atoms. The number of non-ortho nitro benzene ring substituents is 1. The second-order valence-electron chi connectivity index (χ2n) is 5.85. The zero-order valence-corrected chi connectivity index (χ0v) is 14.9. The van der Waals surface area contributed by atoms with Gasteiger partial charge in [-0.05, 0) is 17.7 Å². The molecule has 1 heterocycles. The van der Waals surface area contributed by atoms with Crippen LogP contribution in [0, 0.1) is 22.0 Å². The van der Waals surface area contributed by atoms with Gasteiger partial charge in [0.1, 0.15) is 6.61 Å². The Kier molecular flexibility index (Phi) is 6.16. The maximum absolute atomic E-state index is 11.7. The van der Waals surface area contributed by atoms with E-state index in [-0.39, 0.29) is 12.3 Å². The van der Waals surface area contributed by atoms with Crippen molar-refractivity contribution < 1.29 is 14.5 Å². The van der Waals surface area contributed by atoms with E-state index in [1.54, 1.807) is 18.3 Å². The van der Waals surface area contributed by atoms with Crippen LogP contribution in [0.1, 0.15) is 17.5 Å². The van der Waals surface area contributed by atoms with Crippen molar-refractivity contribution in [3.05, 3.63) is 82.2 Å². The van der Waals surface area contributed by atoms with Crippen LogP contribution in [0.25, 0.3) is 10.8 Å². The molecule has 140 valence electrons. The van der Waals surface area contributed by atoms with E-state index in [2.05, 4.69) is 22.1 Å². The molecular formula is C21H17N3O4. The fourth-order valence-corrected chi connectivity index (χ4v) is 2.60. The molecule has 0 fully saturated rings. The van der Waals surface area contributed by atoms with Crippen LogP contribution >= 0.6 is 0 Å². The monoisotopic (exact) mass is 375 g/mol. The van der Waals surface area contributed by atoms with Crippen LogP contribution in [-0.4, -0.2) is 22.5 Å². The minimum absolute atomic E-state index is 0.00326. The van der Waals surface area contributed by atoms with Crippen LogP contribution in [0.15, 0.2) is 60.9 Å². The number of benzene rings is 2. The Balaban J connectivity index is 1.54. The molecule has 1 N–H and O–H groups in total. The number of carbonyl (C=O) groups is 1. The van der Waals surface area contributed by atoms with E-state index in [4.69, 9.17) is 4.74 Å². The highest BCUT2D eigenvalue weighted by molar-refractivity contribution is 5.94. The Morgan fingerprint density at radius 2 is 1.96 bits per heavy atom. The predicted molar refractivity (Wildman–Crippen MR) is 105 cm³/mol. The SMILES string of the molecule is O=C(NCCC#Cc1ccc([N+](=O)[O-])c2cnccc12)OCc1ccccc1. The number of alkyl carbamates (subject to hydrolysis) is 1. The van der Waals surface area contributed by atoms with Crippen LogP contribution in [-0.2, 0) is 11.3 Å². The first kappa shape index (κ1) is 18.9. The maximum atomic E-state index is 11.7. The van der Waals surface area contributed by atoms with Gasteiger partial charge in [-0.15, -0.1) is 0 Å². The average molecular weight is 375 g/mol. The summed E-state index contributed by atoms with van der Waals surface area (Å²) in [6, 6.07) is 14.2. The standard InChI is InChI=1S/C21H17N3O4/c25-21(28-15-16-6-2-1-3-7-16)23-12-5-4-8-17-9-10-20(24(26)27)19-14-22-13-11-18(17)19/h1-3,6-7,9-11,13-14H,5,12,15H2,(H,23,25). The van der Waals surface area contributed by atoms with Crippen LogP contribution in [0.3, 0.4) is 0 Å². The van der Waals surface area contributed by atoms with Crippen LogP contribution in [0.4, 0.5) is 10.5 Å². The molecule has 0 aliphatic rings. The summed E-state index contributed by atoms with van der Waals surface area (Å²) in [4.78, 5) is 26.3. The molecule has 0 radical (unpaired) electrons. The lowest BCUT2D eigenvalue weighted by atomic mass is 10.1. The van der Waals surface area contributed by atoms with Crippen molar-refractivity contribution in [3.8, 4) is 11.8 Å². The summed E-state index contributed by atoms with van der Waals surface area (Å²) in [6.07, 6.45) is 2.95. The van der Waals surface area contributed by atoms with Crippen molar-refractivity contribution in [3.63, 3.8) is 0 Å². The lowest BCUT2D eigenvalue weighted by Crippen LogP contribution is -2.24. The Morgan fingerprint density at radius 1 is 1.14 bits per heavy atom. The van der Waals surface area contributed by atoms with Crippen LogP contribution < -0.4 is 5.32 Å². The zero-order valence-electron chi connectivity index (χ0n) is 14.9. The summed E-state index contributed by atoms with van der Waals surface area (Å²) in [5.74, 6) is 5.95. The van der Waals surface area contributed by atoms with Gasteiger partial charge < -0.3 is 10.1 Å². The predicted octanol–water partition coefficient (Wildman–Crippen LogP) is 3.81. The summed E-state index contributed by atoms with van der Waals surface area (Å²) in [5, 5.41) is 14.9. The molecule has 3 rings (SSSR count). The summed E-state index contributed by atoms with van der Waals surface area (Å²) in [6.45, 7) is 0.550. The molecular weight excluding hydrogens is 358 g/mol. The number of amides is 1. The Bertz CT molecular complexity index is 1060. The number of nitro benzene ring substituents is 1. The minimum Gasteiger partial charge on any atom is -0.445 e. The summed E-state index contributed by atoms with van der Waals surface area (Å²) >= 11 is 0. The molecule has 2 aromatic carbocycles. The second-order valence-corrected chi connectivity index (χ2v) is 5.85. The Hall–Kier alpha value is -3.92. The molecule has 0 aliphatic heterocycles. The van der Waals surface area contributed by atoms with Gasteiger partial charge in [0.05, 0.1) is 10.3 Å². The number of aromatic nitrogens is 1. The lowest BCUT2D eigenvalue weighted by Gasteiger charge is -2.05. The number of carbonyl (C=O) groups excluding carboxylic acids is 1. The summed E-state index contributed by atoms with van der Waals surface area (Å²) in [5.41, 5.74) is 1.59. The number of rotatable bonds is 5. The van der Waals surface area contributed by atoms with E-state index < -0.39 is 11.0 Å². The van der Waals surface area contributed by atoms with E-state index in [0.29, 0.717) is 29.3 Å². The van der Waals surface area contributed by atoms with Gasteiger partial charge in [-0.1, -0.05) is 42.2 Å². The number of nitrogens with zero attached hydrogens (tertiary/aromatic N) is 2. The third kappa shape index (κ3) is 4.83. The molecule has 0 unspecified atom stereocenters. The van der Waals surface area contributed by atoms with Crippen molar-refractivity contribution in [1.29, 1.82) is 0 Å². The molecule has 28 heavy (non-hydrogen) atoms. The fraction of sp³-hybridized carbons (Fsp3) is 0.143. The highest BCUT2D eigenvalue weighted by Gasteiger charge is 2.13. The number of hydrogen-bond acceptors (Lipinski definition) is 5. The van der Waals surface area contributed by atoms with Crippen LogP contribution in [0.5, 0.6) is 0 Å². The summed E-state index contributed by atoms with van der Waals surface area (Å²) < 4.78 is 5.12. The van der Waals surface area contributed by atoms with Gasteiger partial charge in [-0.3, -0.25) is 15.1 Å². The number of fused-ring (bicyclic) bond motifs is 1. The molecule has 1 aromatic heterocycles.